The van der Waals surface area contributed by atoms with E-state index in [-0.39, 0.29) is 24.1 Å². The molecule has 2 saturated heterocycles. The molecule has 0 unspecified atom stereocenters. The lowest BCUT2D eigenvalue weighted by molar-refractivity contribution is 0.0494. The summed E-state index contributed by atoms with van der Waals surface area (Å²) in [6, 6.07) is 4.46. The lowest BCUT2D eigenvalue weighted by Crippen LogP contribution is -2.47. The fraction of sp³-hybridized carbons (Fsp3) is 0.588. The van der Waals surface area contributed by atoms with Crippen LogP contribution in [0.2, 0.25) is 0 Å². The van der Waals surface area contributed by atoms with Gasteiger partial charge in [0.05, 0.1) is 0 Å². The molecule has 2 heterocycles. The van der Waals surface area contributed by atoms with Gasteiger partial charge in [0.25, 0.3) is 5.91 Å². The molecule has 0 aromatic heterocycles. The molecular formula is C17H24ClFN2O. The second-order valence-corrected chi connectivity index (χ2v) is 6.50. The van der Waals surface area contributed by atoms with Crippen LogP contribution in [0.3, 0.4) is 0 Å². The summed E-state index contributed by atoms with van der Waals surface area (Å²) in [5, 5.41) is 3.41. The van der Waals surface area contributed by atoms with Crippen molar-refractivity contribution in [3.8, 4) is 0 Å². The number of rotatable bonds is 1. The molecule has 0 aliphatic carbocycles. The molecule has 122 valence electrons. The van der Waals surface area contributed by atoms with Gasteiger partial charge in [-0.15, -0.1) is 12.4 Å². The molecule has 0 atom stereocenters. The van der Waals surface area contributed by atoms with E-state index in [4.69, 9.17) is 0 Å². The molecule has 2 fully saturated rings. The number of nitrogens with zero attached hydrogens (tertiary/aromatic N) is 1. The van der Waals surface area contributed by atoms with Crippen LogP contribution in [0.1, 0.15) is 41.6 Å². The van der Waals surface area contributed by atoms with Crippen LogP contribution >= 0.6 is 12.4 Å². The molecule has 2 aliphatic rings. The summed E-state index contributed by atoms with van der Waals surface area (Å²) in [6.45, 7) is 5.66. The van der Waals surface area contributed by atoms with Crippen LogP contribution in [0.25, 0.3) is 0 Å². The minimum Gasteiger partial charge on any atom is -0.339 e. The number of halogens is 2. The number of aryl methyl sites for hydroxylation is 1. The number of carbonyl (C=O) groups excluding carboxylic acids is 1. The van der Waals surface area contributed by atoms with Gasteiger partial charge in [-0.25, -0.2) is 4.39 Å². The van der Waals surface area contributed by atoms with E-state index in [1.807, 2.05) is 11.8 Å². The van der Waals surface area contributed by atoms with Crippen molar-refractivity contribution in [2.75, 3.05) is 26.2 Å². The number of hydrogen-bond donors (Lipinski definition) is 1. The Hall–Kier alpha value is -1.13. The van der Waals surface area contributed by atoms with Gasteiger partial charge in [0.15, 0.2) is 0 Å². The van der Waals surface area contributed by atoms with Gasteiger partial charge in [0.1, 0.15) is 5.82 Å². The first-order valence-corrected chi connectivity index (χ1v) is 7.86. The number of amides is 1. The van der Waals surface area contributed by atoms with Gasteiger partial charge in [-0.05, 0) is 68.8 Å². The van der Waals surface area contributed by atoms with Crippen LogP contribution in [0.15, 0.2) is 18.2 Å². The zero-order chi connectivity index (χ0) is 14.9. The third-order valence-corrected chi connectivity index (χ3v) is 5.21. The van der Waals surface area contributed by atoms with Gasteiger partial charge in [0, 0.05) is 18.7 Å². The largest absolute Gasteiger partial charge is 0.339 e. The first-order valence-electron chi connectivity index (χ1n) is 7.86. The monoisotopic (exact) mass is 326 g/mol. The number of carbonyl (C=O) groups is 1. The molecule has 1 aromatic carbocycles. The Labute approximate surface area is 137 Å². The second-order valence-electron chi connectivity index (χ2n) is 6.50. The first kappa shape index (κ1) is 17.2. The van der Waals surface area contributed by atoms with Crippen molar-refractivity contribution in [1.29, 1.82) is 0 Å². The molecule has 0 radical (unpaired) electrons. The summed E-state index contributed by atoms with van der Waals surface area (Å²) >= 11 is 0. The van der Waals surface area contributed by atoms with Crippen LogP contribution < -0.4 is 5.32 Å². The zero-order valence-corrected chi connectivity index (χ0v) is 13.8. The number of benzene rings is 1. The maximum Gasteiger partial charge on any atom is 0.254 e. The predicted molar refractivity (Wildman–Crippen MR) is 88.1 cm³/mol. The normalized spacial score (nSPS) is 20.5. The Morgan fingerprint density at radius 2 is 1.82 bits per heavy atom. The van der Waals surface area contributed by atoms with Crippen LogP contribution in [0, 0.1) is 18.2 Å². The highest BCUT2D eigenvalue weighted by Gasteiger charge is 2.36. The van der Waals surface area contributed by atoms with Crippen LogP contribution in [-0.2, 0) is 0 Å². The number of nitrogens with one attached hydrogen (secondary N) is 1. The van der Waals surface area contributed by atoms with Crippen molar-refractivity contribution < 1.29 is 9.18 Å². The Kier molecular flexibility index (Phi) is 5.45. The molecule has 5 heteroatoms. The maximum atomic E-state index is 13.4. The third kappa shape index (κ3) is 3.44. The maximum absolute atomic E-state index is 13.4. The molecular weight excluding hydrogens is 303 g/mol. The van der Waals surface area contributed by atoms with Crippen LogP contribution in [-0.4, -0.2) is 37.0 Å². The first-order chi connectivity index (χ1) is 10.1. The Morgan fingerprint density at radius 1 is 1.18 bits per heavy atom. The minimum absolute atomic E-state index is 0. The average Bonchev–Trinajstić information content (AvgIpc) is 2.51. The van der Waals surface area contributed by atoms with Crippen LogP contribution in [0.4, 0.5) is 4.39 Å². The summed E-state index contributed by atoms with van der Waals surface area (Å²) in [6.07, 6.45) is 4.59. The van der Waals surface area contributed by atoms with Gasteiger partial charge in [-0.2, -0.15) is 0 Å². The lowest BCUT2D eigenvalue weighted by atomic mass is 9.71. The van der Waals surface area contributed by atoms with Gasteiger partial charge < -0.3 is 10.2 Å². The zero-order valence-electron chi connectivity index (χ0n) is 13.0. The average molecular weight is 327 g/mol. The van der Waals surface area contributed by atoms with Crippen molar-refractivity contribution in [3.63, 3.8) is 0 Å². The highest BCUT2D eigenvalue weighted by atomic mass is 35.5. The second kappa shape index (κ2) is 6.97. The highest BCUT2D eigenvalue weighted by Crippen LogP contribution is 2.39. The highest BCUT2D eigenvalue weighted by molar-refractivity contribution is 5.95. The van der Waals surface area contributed by atoms with Crippen molar-refractivity contribution in [3.05, 3.63) is 35.1 Å². The summed E-state index contributed by atoms with van der Waals surface area (Å²) in [7, 11) is 0. The van der Waals surface area contributed by atoms with Crippen molar-refractivity contribution >= 4 is 18.3 Å². The molecule has 1 amide bonds. The van der Waals surface area contributed by atoms with E-state index in [0.29, 0.717) is 11.0 Å². The molecule has 0 bridgehead atoms. The SMILES string of the molecule is Cc1ccc(F)cc1C(=O)N1CCC2(CCNCC2)CC1.Cl. The molecule has 3 nitrogen and oxygen atoms in total. The standard InChI is InChI=1S/C17H23FN2O.ClH/c1-13-2-3-14(18)12-15(13)16(21)20-10-6-17(7-11-20)4-8-19-9-5-17;/h2-3,12,19H,4-11H2,1H3;1H. The van der Waals surface area contributed by atoms with Gasteiger partial charge in [-0.1, -0.05) is 6.07 Å². The molecule has 3 rings (SSSR count). The molecule has 2 aliphatic heterocycles. The topological polar surface area (TPSA) is 32.3 Å². The molecule has 22 heavy (non-hydrogen) atoms. The van der Waals surface area contributed by atoms with Gasteiger partial charge in [0.2, 0.25) is 0 Å². The van der Waals surface area contributed by atoms with E-state index < -0.39 is 0 Å². The molecule has 1 N–H and O–H groups in total. The third-order valence-electron chi connectivity index (χ3n) is 5.21. The Balaban J connectivity index is 0.00000176. The quantitative estimate of drug-likeness (QED) is 0.859. The molecule has 0 saturated carbocycles. The fourth-order valence-corrected chi connectivity index (χ4v) is 3.64. The summed E-state index contributed by atoms with van der Waals surface area (Å²) in [5.74, 6) is -0.355. The minimum atomic E-state index is -0.337. The van der Waals surface area contributed by atoms with Crippen molar-refractivity contribution in [2.45, 2.75) is 32.6 Å². The van der Waals surface area contributed by atoms with E-state index in [2.05, 4.69) is 5.32 Å². The molecule has 1 aromatic rings. The smallest absolute Gasteiger partial charge is 0.254 e. The van der Waals surface area contributed by atoms with E-state index >= 15 is 0 Å². The van der Waals surface area contributed by atoms with Crippen molar-refractivity contribution in [1.82, 2.24) is 10.2 Å². The fourth-order valence-electron chi connectivity index (χ4n) is 3.64. The van der Waals surface area contributed by atoms with Crippen molar-refractivity contribution in [2.24, 2.45) is 5.41 Å². The van der Waals surface area contributed by atoms with E-state index in [1.54, 1.807) is 6.07 Å². The number of likely N-dealkylation sites (tertiary alicyclic amines) is 1. The summed E-state index contributed by atoms with van der Waals surface area (Å²) < 4.78 is 13.4. The predicted octanol–water partition coefficient (Wildman–Crippen LogP) is 3.16. The molecule has 1 spiro atoms. The van der Waals surface area contributed by atoms with Crippen LogP contribution in [0.5, 0.6) is 0 Å². The summed E-state index contributed by atoms with van der Waals surface area (Å²) in [5.41, 5.74) is 1.79. The van der Waals surface area contributed by atoms with E-state index in [9.17, 15) is 9.18 Å². The Bertz CT molecular complexity index is 533. The summed E-state index contributed by atoms with van der Waals surface area (Å²) in [4.78, 5) is 14.5. The van der Waals surface area contributed by atoms with E-state index in [1.165, 1.54) is 25.0 Å². The van der Waals surface area contributed by atoms with E-state index in [0.717, 1.165) is 44.6 Å². The van der Waals surface area contributed by atoms with Gasteiger partial charge >= 0.3 is 0 Å². The number of piperidine rings is 2. The number of hydrogen-bond acceptors (Lipinski definition) is 2. The lowest BCUT2D eigenvalue weighted by Gasteiger charge is -2.44. The Morgan fingerprint density at radius 3 is 2.45 bits per heavy atom. The van der Waals surface area contributed by atoms with Gasteiger partial charge in [-0.3, -0.25) is 4.79 Å².